The molecule has 0 aliphatic rings. The monoisotopic (exact) mass is 77.0 g/mol. The lowest BCUT2D eigenvalue weighted by atomic mass is 13.9. The Hall–Kier alpha value is -0.0700. The van der Waals surface area contributed by atoms with Gasteiger partial charge in [0, 0.05) is 0 Å². The molecule has 0 amide bonds. The quantitative estimate of drug-likeness (QED) is 0.389. The van der Waals surface area contributed by atoms with Crippen molar-refractivity contribution in [3.63, 3.8) is 0 Å². The van der Waals surface area contributed by atoms with Gasteiger partial charge in [0.25, 0.3) is 0 Å². The van der Waals surface area contributed by atoms with Crippen molar-refractivity contribution in [2.45, 2.75) is 0 Å². The summed E-state index contributed by atoms with van der Waals surface area (Å²) in [5.74, 6) is 0. The highest BCUT2D eigenvalue weighted by Crippen LogP contribution is 1.77. The van der Waals surface area contributed by atoms with Gasteiger partial charge < -0.3 is 0 Å². The highest BCUT2D eigenvalue weighted by molar-refractivity contribution is 7.37. The Morgan fingerprint density at radius 2 is 1.50 bits per heavy atom. The van der Waals surface area contributed by atoms with E-state index in [1.165, 1.54) is 0 Å². The van der Waals surface area contributed by atoms with Crippen LogP contribution >= 0.6 is 7.86 Å². The van der Waals surface area contributed by atoms with Gasteiger partial charge in [0.05, 0.1) is 0 Å². The number of rotatable bonds is 0. The fourth-order valence-electron chi connectivity index (χ4n) is 0. The summed E-state index contributed by atoms with van der Waals surface area (Å²) in [5, 5.41) is 7.68. The van der Waals surface area contributed by atoms with Gasteiger partial charge in [-0.15, -0.1) is 0 Å². The zero-order valence-electron chi connectivity index (χ0n) is 2.05. The normalized spacial score (nSPS) is 6.25. The molecule has 0 rings (SSSR count). The minimum atomic E-state index is -1.62. The summed E-state index contributed by atoms with van der Waals surface area (Å²) in [6, 6.07) is 0. The number of hydrogen-bond acceptors (Lipinski definition) is 3. The molecule has 0 saturated carbocycles. The van der Waals surface area contributed by atoms with E-state index in [4.69, 9.17) is 5.00 Å². The van der Waals surface area contributed by atoms with E-state index in [9.17, 15) is 0 Å². The maximum absolute atomic E-state index is 7.68. The van der Waals surface area contributed by atoms with E-state index >= 15 is 0 Å². The summed E-state index contributed by atoms with van der Waals surface area (Å²) >= 11 is 0. The number of hydrogen-bond donors (Lipinski definition) is 2. The molecule has 0 aliphatic heterocycles. The van der Waals surface area contributed by atoms with Gasteiger partial charge in [-0.3, -0.25) is 11.0 Å². The molecule has 0 heterocycles. The van der Waals surface area contributed by atoms with Gasteiger partial charge in [-0.2, -0.15) is 0 Å². The molecule has 0 atom stereocenters. The molecule has 0 fully saturated rings. The molecule has 0 aromatic carbocycles. The first-order valence-electron chi connectivity index (χ1n) is 0.716. The fraction of sp³-hybridized carbons (Fsp3) is 0. The van der Waals surface area contributed by atoms with Crippen LogP contribution in [0, 0.1) is 5.00 Å². The van der Waals surface area contributed by atoms with Crippen LogP contribution in [0.1, 0.15) is 0 Å². The minimum Gasteiger partial charge on any atom is -0.253 e. The SMILES string of the molecule is N#P(N)N. The molecule has 0 bridgehead atoms. The van der Waals surface area contributed by atoms with Gasteiger partial charge in [0.2, 0.25) is 0 Å². The Balaban J connectivity index is 3.02. The van der Waals surface area contributed by atoms with Crippen LogP contribution < -0.4 is 11.0 Å². The van der Waals surface area contributed by atoms with Crippen molar-refractivity contribution in [1.82, 2.24) is 0 Å². The second kappa shape index (κ2) is 1.27. The molecule has 4 heavy (non-hydrogen) atoms. The lowest BCUT2D eigenvalue weighted by Crippen LogP contribution is -1.82. The first-order chi connectivity index (χ1) is 1.73. The molecule has 0 radical (unpaired) electrons. The average molecular weight is 77.0 g/mol. The molecule has 0 saturated heterocycles. The van der Waals surface area contributed by atoms with E-state index < -0.39 is 7.86 Å². The molecular formula is H4N3P. The summed E-state index contributed by atoms with van der Waals surface area (Å²) in [7, 11) is -1.62. The van der Waals surface area contributed by atoms with Crippen molar-refractivity contribution in [1.29, 1.82) is 5.00 Å². The van der Waals surface area contributed by atoms with Gasteiger partial charge in [-0.1, -0.05) is 0 Å². The number of nitrogens with two attached hydrogens (primary N) is 2. The summed E-state index contributed by atoms with van der Waals surface area (Å²) in [5.41, 5.74) is 9.02. The summed E-state index contributed by atoms with van der Waals surface area (Å²) in [6.45, 7) is 0. The van der Waals surface area contributed by atoms with E-state index in [1.807, 2.05) is 0 Å². The van der Waals surface area contributed by atoms with Crippen LogP contribution in [0.4, 0.5) is 0 Å². The van der Waals surface area contributed by atoms with E-state index in [1.54, 1.807) is 0 Å². The van der Waals surface area contributed by atoms with Crippen LogP contribution in [0.2, 0.25) is 0 Å². The third-order valence-electron chi connectivity index (χ3n) is 0. The highest BCUT2D eigenvalue weighted by Gasteiger charge is 1.51. The van der Waals surface area contributed by atoms with Gasteiger partial charge in [0.15, 0.2) is 7.86 Å². The minimum absolute atomic E-state index is 1.62. The molecule has 24 valence electrons. The van der Waals surface area contributed by atoms with Crippen LogP contribution in [-0.2, 0) is 0 Å². The van der Waals surface area contributed by atoms with Crippen LogP contribution in [0.15, 0.2) is 0 Å². The number of nitrogens with zero attached hydrogens (tertiary/aromatic N) is 1. The molecule has 4 N–H and O–H groups in total. The van der Waals surface area contributed by atoms with Gasteiger partial charge >= 0.3 is 0 Å². The molecule has 0 aromatic rings. The molecule has 0 aliphatic carbocycles. The Morgan fingerprint density at radius 3 is 1.50 bits per heavy atom. The van der Waals surface area contributed by atoms with Crippen molar-refractivity contribution < 1.29 is 0 Å². The van der Waals surface area contributed by atoms with Crippen LogP contribution in [0.3, 0.4) is 0 Å². The van der Waals surface area contributed by atoms with Crippen molar-refractivity contribution in [2.75, 3.05) is 0 Å². The third-order valence-corrected chi connectivity index (χ3v) is 0. The lowest BCUT2D eigenvalue weighted by molar-refractivity contribution is 1.59. The Morgan fingerprint density at radius 1 is 1.50 bits per heavy atom. The molecule has 3 nitrogen and oxygen atoms in total. The molecule has 0 unspecified atom stereocenters. The highest BCUT2D eigenvalue weighted by atomic mass is 31.1. The second-order valence-corrected chi connectivity index (χ2v) is 1.14. The summed E-state index contributed by atoms with van der Waals surface area (Å²) < 4.78 is 0. The molecular weight excluding hydrogens is 73.0 g/mol. The van der Waals surface area contributed by atoms with Crippen molar-refractivity contribution in [3.05, 3.63) is 0 Å². The summed E-state index contributed by atoms with van der Waals surface area (Å²) in [4.78, 5) is 0. The fourth-order valence-corrected chi connectivity index (χ4v) is 0. The van der Waals surface area contributed by atoms with Gasteiger partial charge in [0.1, 0.15) is 0 Å². The van der Waals surface area contributed by atoms with E-state index in [2.05, 4.69) is 11.0 Å². The van der Waals surface area contributed by atoms with Crippen molar-refractivity contribution in [3.8, 4) is 0 Å². The standard InChI is InChI=1S/H4N3P/c1-4(2)3/h1-2H2. The summed E-state index contributed by atoms with van der Waals surface area (Å²) in [6.07, 6.45) is 0. The zero-order valence-corrected chi connectivity index (χ0v) is 2.94. The maximum atomic E-state index is 7.68. The van der Waals surface area contributed by atoms with E-state index in [-0.39, 0.29) is 0 Å². The maximum Gasteiger partial charge on any atom is 0.187 e. The van der Waals surface area contributed by atoms with Crippen LogP contribution in [0.5, 0.6) is 0 Å². The van der Waals surface area contributed by atoms with Gasteiger partial charge in [-0.05, 0) is 0 Å². The second-order valence-electron chi connectivity index (χ2n) is 0.380. The van der Waals surface area contributed by atoms with Crippen LogP contribution in [-0.4, -0.2) is 0 Å². The van der Waals surface area contributed by atoms with E-state index in [0.717, 1.165) is 0 Å². The Kier molecular flexibility index (Phi) is 1.25. The first-order valence-corrected chi connectivity index (χ1v) is 2.15. The Bertz CT molecular complexity index is 49.4. The smallest absolute Gasteiger partial charge is 0.187 e. The van der Waals surface area contributed by atoms with Crippen LogP contribution in [0.25, 0.3) is 0 Å². The Labute approximate surface area is 25.0 Å². The zero-order chi connectivity index (χ0) is 3.58. The average Bonchev–Trinajstić information content (AvgIpc) is 0.811. The first kappa shape index (κ1) is 3.93. The molecule has 4 heteroatoms. The topological polar surface area (TPSA) is 75.8 Å². The van der Waals surface area contributed by atoms with Crippen molar-refractivity contribution >= 4 is 7.86 Å². The van der Waals surface area contributed by atoms with E-state index in [0.29, 0.717) is 0 Å². The predicted octanol–water partition coefficient (Wildman–Crippen LogP) is -0.305. The molecule has 0 aromatic heterocycles. The van der Waals surface area contributed by atoms with Gasteiger partial charge in [-0.25, -0.2) is 5.00 Å². The van der Waals surface area contributed by atoms with Crippen molar-refractivity contribution in [2.24, 2.45) is 11.0 Å². The lowest BCUT2D eigenvalue weighted by Gasteiger charge is -1.57. The largest absolute Gasteiger partial charge is 0.253 e. The molecule has 0 spiro atoms. The predicted molar refractivity (Wildman–Crippen MR) is 17.0 cm³/mol. The third kappa shape index (κ3) is 341.